The molecule has 1 unspecified atom stereocenters. The number of amides is 1. The van der Waals surface area contributed by atoms with Crippen LogP contribution >= 0.6 is 0 Å². The molecule has 0 saturated carbocycles. The zero-order valence-electron chi connectivity index (χ0n) is 15.6. The molecule has 0 spiro atoms. The molecule has 1 aromatic rings. The Hall–Kier alpha value is -2.17. The van der Waals surface area contributed by atoms with Crippen LogP contribution < -0.4 is 5.32 Å². The first-order chi connectivity index (χ1) is 11.0. The first-order valence-corrected chi connectivity index (χ1v) is 8.08. The quantitative estimate of drug-likeness (QED) is 0.661. The van der Waals surface area contributed by atoms with Gasteiger partial charge in [-0.25, -0.2) is 0 Å². The van der Waals surface area contributed by atoms with E-state index in [-0.39, 0.29) is 18.3 Å². The number of hydrogen-bond acceptors (Lipinski definition) is 4. The molecule has 1 amide bonds. The number of ketones is 1. The number of Topliss-reactive ketones (excluding diaryl/α,β-unsaturated/α-hetero) is 1. The van der Waals surface area contributed by atoms with E-state index in [2.05, 4.69) is 5.32 Å². The maximum Gasteiger partial charge on any atom is 0.321 e. The Morgan fingerprint density at radius 2 is 1.67 bits per heavy atom. The summed E-state index contributed by atoms with van der Waals surface area (Å²) >= 11 is 0. The topological polar surface area (TPSA) is 72.5 Å². The standard InChI is InChI=1S/C19H27NO4/c1-8-24-17(22)16(13(4)21)14-9-11(2)12(3)10-15(14)20-18(23)19(5,6)7/h9-10,16H,8H2,1-7H3,(H,20,23). The molecule has 0 saturated heterocycles. The van der Waals surface area contributed by atoms with Gasteiger partial charge >= 0.3 is 5.97 Å². The lowest BCUT2D eigenvalue weighted by Crippen LogP contribution is -2.30. The van der Waals surface area contributed by atoms with Crippen molar-refractivity contribution >= 4 is 23.3 Å². The molecule has 0 aliphatic rings. The van der Waals surface area contributed by atoms with Gasteiger partial charge in [-0.2, -0.15) is 0 Å². The number of nitrogens with one attached hydrogen (secondary N) is 1. The minimum Gasteiger partial charge on any atom is -0.465 e. The van der Waals surface area contributed by atoms with Gasteiger partial charge in [0.25, 0.3) is 0 Å². The van der Waals surface area contributed by atoms with Gasteiger partial charge in [-0.15, -0.1) is 0 Å². The number of hydrogen-bond donors (Lipinski definition) is 1. The van der Waals surface area contributed by atoms with Crippen LogP contribution in [0.4, 0.5) is 5.69 Å². The average Bonchev–Trinajstić information content (AvgIpc) is 2.43. The number of carbonyl (C=O) groups is 3. The van der Waals surface area contributed by atoms with Crippen molar-refractivity contribution in [1.82, 2.24) is 0 Å². The first kappa shape index (κ1) is 19.9. The monoisotopic (exact) mass is 333 g/mol. The van der Waals surface area contributed by atoms with E-state index in [4.69, 9.17) is 4.74 Å². The van der Waals surface area contributed by atoms with Gasteiger partial charge in [0.2, 0.25) is 5.91 Å². The van der Waals surface area contributed by atoms with Gasteiger partial charge in [0, 0.05) is 11.1 Å². The van der Waals surface area contributed by atoms with E-state index in [9.17, 15) is 14.4 Å². The van der Waals surface area contributed by atoms with Crippen LogP contribution in [0.1, 0.15) is 57.2 Å². The highest BCUT2D eigenvalue weighted by atomic mass is 16.5. The fourth-order valence-corrected chi connectivity index (χ4v) is 2.23. The molecule has 0 aliphatic heterocycles. The highest BCUT2D eigenvalue weighted by molar-refractivity contribution is 6.06. The molecule has 132 valence electrons. The highest BCUT2D eigenvalue weighted by Gasteiger charge is 2.31. The van der Waals surface area contributed by atoms with Crippen molar-refractivity contribution in [3.05, 3.63) is 28.8 Å². The number of esters is 1. The number of benzene rings is 1. The molecule has 1 N–H and O–H groups in total. The third-order valence-corrected chi connectivity index (χ3v) is 3.84. The second-order valence-electron chi connectivity index (χ2n) is 7.02. The third-order valence-electron chi connectivity index (χ3n) is 3.84. The van der Waals surface area contributed by atoms with Crippen molar-refractivity contribution in [2.75, 3.05) is 11.9 Å². The van der Waals surface area contributed by atoms with Gasteiger partial charge in [-0.3, -0.25) is 14.4 Å². The van der Waals surface area contributed by atoms with Crippen LogP contribution in [0.5, 0.6) is 0 Å². The van der Waals surface area contributed by atoms with Crippen LogP contribution in [-0.4, -0.2) is 24.3 Å². The van der Waals surface area contributed by atoms with Crippen LogP contribution in [-0.2, 0) is 19.1 Å². The summed E-state index contributed by atoms with van der Waals surface area (Å²) in [4.78, 5) is 36.7. The molecular weight excluding hydrogens is 306 g/mol. The number of rotatable bonds is 5. The summed E-state index contributed by atoms with van der Waals surface area (Å²) in [5, 5.41) is 2.85. The van der Waals surface area contributed by atoms with Gasteiger partial charge in [0.15, 0.2) is 0 Å². The van der Waals surface area contributed by atoms with Crippen molar-refractivity contribution in [2.24, 2.45) is 5.41 Å². The lowest BCUT2D eigenvalue weighted by molar-refractivity contribution is -0.147. The summed E-state index contributed by atoms with van der Waals surface area (Å²) < 4.78 is 5.04. The molecule has 1 atom stereocenters. The van der Waals surface area contributed by atoms with E-state index >= 15 is 0 Å². The largest absolute Gasteiger partial charge is 0.465 e. The predicted molar refractivity (Wildman–Crippen MR) is 94.1 cm³/mol. The van der Waals surface area contributed by atoms with Crippen LogP contribution in [0.15, 0.2) is 12.1 Å². The normalized spacial score (nSPS) is 12.5. The van der Waals surface area contributed by atoms with Gasteiger partial charge < -0.3 is 10.1 Å². The van der Waals surface area contributed by atoms with Crippen LogP contribution in [0.25, 0.3) is 0 Å². The zero-order chi connectivity index (χ0) is 18.7. The van der Waals surface area contributed by atoms with Gasteiger partial charge in [0.05, 0.1) is 6.61 Å². The summed E-state index contributed by atoms with van der Waals surface area (Å²) in [6, 6.07) is 3.57. The molecule has 24 heavy (non-hydrogen) atoms. The van der Waals surface area contributed by atoms with Gasteiger partial charge in [-0.05, 0) is 50.5 Å². The predicted octanol–water partition coefficient (Wildman–Crippen LogP) is 3.52. The Bertz CT molecular complexity index is 656. The van der Waals surface area contributed by atoms with E-state index in [1.807, 2.05) is 13.8 Å². The second-order valence-corrected chi connectivity index (χ2v) is 7.02. The fraction of sp³-hybridized carbons (Fsp3) is 0.526. The van der Waals surface area contributed by atoms with Crippen LogP contribution in [0.3, 0.4) is 0 Å². The number of aryl methyl sites for hydroxylation is 2. The van der Waals surface area contributed by atoms with Crippen molar-refractivity contribution < 1.29 is 19.1 Å². The molecule has 0 aromatic heterocycles. The summed E-state index contributed by atoms with van der Waals surface area (Å²) in [6.45, 7) is 12.5. The maximum atomic E-state index is 12.4. The summed E-state index contributed by atoms with van der Waals surface area (Å²) in [5.74, 6) is -2.14. The summed E-state index contributed by atoms with van der Waals surface area (Å²) in [7, 11) is 0. The molecule has 1 aromatic carbocycles. The Labute approximate surface area is 143 Å². The smallest absolute Gasteiger partial charge is 0.321 e. The van der Waals surface area contributed by atoms with E-state index in [0.717, 1.165) is 11.1 Å². The minimum absolute atomic E-state index is 0.182. The van der Waals surface area contributed by atoms with Crippen molar-refractivity contribution in [1.29, 1.82) is 0 Å². The van der Waals surface area contributed by atoms with E-state index in [1.54, 1.807) is 39.8 Å². The molecule has 0 bridgehead atoms. The number of carbonyl (C=O) groups excluding carboxylic acids is 3. The highest BCUT2D eigenvalue weighted by Crippen LogP contribution is 2.31. The molecule has 0 heterocycles. The minimum atomic E-state index is -1.04. The molecule has 5 heteroatoms. The number of ether oxygens (including phenoxy) is 1. The molecule has 1 rings (SSSR count). The van der Waals surface area contributed by atoms with E-state index < -0.39 is 17.3 Å². The van der Waals surface area contributed by atoms with E-state index in [0.29, 0.717) is 11.3 Å². The Morgan fingerprint density at radius 1 is 1.12 bits per heavy atom. The van der Waals surface area contributed by atoms with Crippen LogP contribution in [0.2, 0.25) is 0 Å². The summed E-state index contributed by atoms with van der Waals surface area (Å²) in [6.07, 6.45) is 0. The van der Waals surface area contributed by atoms with Crippen molar-refractivity contribution in [3.8, 4) is 0 Å². The Kier molecular flexibility index (Phi) is 6.29. The molecular formula is C19H27NO4. The van der Waals surface area contributed by atoms with Gasteiger partial charge in [-0.1, -0.05) is 26.8 Å². The second kappa shape index (κ2) is 7.60. The van der Waals surface area contributed by atoms with Crippen LogP contribution in [0, 0.1) is 19.3 Å². The lowest BCUT2D eigenvalue weighted by atomic mass is 9.89. The summed E-state index contributed by atoms with van der Waals surface area (Å²) in [5.41, 5.74) is 2.27. The van der Waals surface area contributed by atoms with Gasteiger partial charge in [0.1, 0.15) is 11.7 Å². The Morgan fingerprint density at radius 3 is 2.12 bits per heavy atom. The average molecular weight is 333 g/mol. The van der Waals surface area contributed by atoms with Crippen molar-refractivity contribution in [2.45, 2.75) is 54.4 Å². The van der Waals surface area contributed by atoms with E-state index in [1.165, 1.54) is 6.92 Å². The molecule has 0 aliphatic carbocycles. The first-order valence-electron chi connectivity index (χ1n) is 8.08. The molecule has 0 fully saturated rings. The Balaban J connectivity index is 3.43. The molecule has 5 nitrogen and oxygen atoms in total. The zero-order valence-corrected chi connectivity index (χ0v) is 15.6. The number of anilines is 1. The SMILES string of the molecule is CCOC(=O)C(C(C)=O)c1cc(C)c(C)cc1NC(=O)C(C)(C)C. The lowest BCUT2D eigenvalue weighted by Gasteiger charge is -2.23. The fourth-order valence-electron chi connectivity index (χ4n) is 2.23. The third kappa shape index (κ3) is 4.66. The van der Waals surface area contributed by atoms with Crippen molar-refractivity contribution in [3.63, 3.8) is 0 Å². The molecule has 0 radical (unpaired) electrons. The maximum absolute atomic E-state index is 12.4.